The Morgan fingerprint density at radius 3 is 2.86 bits per heavy atom. The van der Waals surface area contributed by atoms with E-state index < -0.39 is 0 Å². The first-order valence-corrected chi connectivity index (χ1v) is 7.04. The molecule has 0 aliphatic heterocycles. The maximum Gasteiger partial charge on any atom is 0.276 e. The second-order valence-corrected chi connectivity index (χ2v) is 4.84. The van der Waals surface area contributed by atoms with Crippen molar-refractivity contribution >= 4 is 22.5 Å². The Labute approximate surface area is 124 Å². The van der Waals surface area contributed by atoms with Crippen LogP contribution in [0.2, 0.25) is 0 Å². The average Bonchev–Trinajstić information content (AvgIpc) is 2.52. The number of amides is 1. The van der Waals surface area contributed by atoms with Gasteiger partial charge in [0.15, 0.2) is 5.69 Å². The third-order valence-electron chi connectivity index (χ3n) is 3.20. The van der Waals surface area contributed by atoms with Crippen molar-refractivity contribution in [2.75, 3.05) is 25.5 Å². The van der Waals surface area contributed by atoms with Crippen LogP contribution in [0.1, 0.15) is 23.8 Å². The van der Waals surface area contributed by atoms with Crippen LogP contribution in [0.3, 0.4) is 0 Å². The van der Waals surface area contributed by atoms with Gasteiger partial charge in [0, 0.05) is 25.5 Å². The van der Waals surface area contributed by atoms with Crippen LogP contribution in [-0.4, -0.2) is 41.1 Å². The number of carbonyl (C=O) groups is 1. The first-order chi connectivity index (χ1) is 10.2. The molecule has 2 aromatic rings. The zero-order chi connectivity index (χ0) is 15.2. The number of hydrogen-bond donors (Lipinski definition) is 1. The van der Waals surface area contributed by atoms with E-state index in [9.17, 15) is 4.79 Å². The summed E-state index contributed by atoms with van der Waals surface area (Å²) in [6.07, 6.45) is 2.65. The standard InChI is InChI=1S/C16H20N4O/c1-4-10-17-14-12-8-6-7-9-13(12)18-19-15(14)16(21)20(3)11-5-2/h4,6-9H,1,5,10-11H2,2-3H3,(H,17,18). The van der Waals surface area contributed by atoms with Gasteiger partial charge in [-0.2, -0.15) is 0 Å². The van der Waals surface area contributed by atoms with Crippen LogP contribution in [0, 0.1) is 0 Å². The summed E-state index contributed by atoms with van der Waals surface area (Å²) >= 11 is 0. The fourth-order valence-electron chi connectivity index (χ4n) is 2.17. The summed E-state index contributed by atoms with van der Waals surface area (Å²) in [6.45, 7) is 6.99. The Balaban J connectivity index is 2.51. The maximum atomic E-state index is 12.5. The summed E-state index contributed by atoms with van der Waals surface area (Å²) in [5.41, 5.74) is 1.83. The number of anilines is 1. The summed E-state index contributed by atoms with van der Waals surface area (Å²) in [5.74, 6) is -0.123. The molecule has 0 aliphatic rings. The van der Waals surface area contributed by atoms with Gasteiger partial charge in [-0.3, -0.25) is 4.79 Å². The molecule has 1 amide bonds. The number of nitrogens with one attached hydrogen (secondary N) is 1. The molecule has 1 N–H and O–H groups in total. The van der Waals surface area contributed by atoms with Gasteiger partial charge < -0.3 is 10.2 Å². The topological polar surface area (TPSA) is 58.1 Å². The van der Waals surface area contributed by atoms with Crippen molar-refractivity contribution in [1.82, 2.24) is 15.1 Å². The molecule has 1 aromatic heterocycles. The summed E-state index contributed by atoms with van der Waals surface area (Å²) < 4.78 is 0. The van der Waals surface area contributed by atoms with Crippen molar-refractivity contribution in [2.45, 2.75) is 13.3 Å². The molecule has 21 heavy (non-hydrogen) atoms. The van der Waals surface area contributed by atoms with E-state index in [0.29, 0.717) is 24.5 Å². The Morgan fingerprint density at radius 2 is 2.14 bits per heavy atom. The smallest absolute Gasteiger partial charge is 0.276 e. The summed E-state index contributed by atoms with van der Waals surface area (Å²) in [6, 6.07) is 7.64. The Bertz CT molecular complexity index is 654. The van der Waals surface area contributed by atoms with Gasteiger partial charge in [-0.1, -0.05) is 31.2 Å². The second-order valence-electron chi connectivity index (χ2n) is 4.84. The summed E-state index contributed by atoms with van der Waals surface area (Å²) in [7, 11) is 1.78. The van der Waals surface area contributed by atoms with Gasteiger partial charge in [0.2, 0.25) is 0 Å². The Hall–Kier alpha value is -2.43. The number of nitrogens with zero attached hydrogens (tertiary/aromatic N) is 3. The van der Waals surface area contributed by atoms with Gasteiger partial charge in [0.05, 0.1) is 11.2 Å². The van der Waals surface area contributed by atoms with Crippen LogP contribution in [0.4, 0.5) is 5.69 Å². The van der Waals surface area contributed by atoms with Crippen molar-refractivity contribution in [3.63, 3.8) is 0 Å². The highest BCUT2D eigenvalue weighted by Gasteiger charge is 2.20. The van der Waals surface area contributed by atoms with Gasteiger partial charge in [-0.25, -0.2) is 0 Å². The zero-order valence-corrected chi connectivity index (χ0v) is 12.5. The molecule has 5 heteroatoms. The van der Waals surface area contributed by atoms with Gasteiger partial charge in [-0.15, -0.1) is 16.8 Å². The van der Waals surface area contributed by atoms with Gasteiger partial charge in [0.1, 0.15) is 0 Å². The van der Waals surface area contributed by atoms with E-state index in [1.165, 1.54) is 0 Å². The Morgan fingerprint density at radius 1 is 1.38 bits per heavy atom. The number of hydrogen-bond acceptors (Lipinski definition) is 4. The monoisotopic (exact) mass is 284 g/mol. The fraction of sp³-hybridized carbons (Fsp3) is 0.312. The molecule has 0 atom stereocenters. The molecular weight excluding hydrogens is 264 g/mol. The van der Waals surface area contributed by atoms with Gasteiger partial charge in [0.25, 0.3) is 5.91 Å². The molecule has 0 bridgehead atoms. The lowest BCUT2D eigenvalue weighted by Crippen LogP contribution is -2.29. The first-order valence-electron chi connectivity index (χ1n) is 7.04. The van der Waals surface area contributed by atoms with E-state index in [2.05, 4.69) is 22.1 Å². The van der Waals surface area contributed by atoms with Crippen LogP contribution in [-0.2, 0) is 0 Å². The Kier molecular flexibility index (Phi) is 4.87. The van der Waals surface area contributed by atoms with E-state index in [1.807, 2.05) is 31.2 Å². The van der Waals surface area contributed by atoms with Crippen LogP contribution >= 0.6 is 0 Å². The van der Waals surface area contributed by atoms with Gasteiger partial charge in [-0.05, 0) is 12.5 Å². The molecule has 5 nitrogen and oxygen atoms in total. The summed E-state index contributed by atoms with van der Waals surface area (Å²) in [4.78, 5) is 14.2. The molecule has 2 rings (SSSR count). The molecular formula is C16H20N4O. The van der Waals surface area contributed by atoms with Crippen molar-refractivity contribution < 1.29 is 4.79 Å². The predicted octanol–water partition coefficient (Wildman–Crippen LogP) is 2.71. The number of aromatic nitrogens is 2. The van der Waals surface area contributed by atoms with E-state index in [0.717, 1.165) is 17.3 Å². The van der Waals surface area contributed by atoms with Crippen LogP contribution in [0.25, 0.3) is 10.9 Å². The van der Waals surface area contributed by atoms with Crippen molar-refractivity contribution in [3.05, 3.63) is 42.6 Å². The lowest BCUT2D eigenvalue weighted by molar-refractivity contribution is 0.0789. The average molecular weight is 284 g/mol. The lowest BCUT2D eigenvalue weighted by atomic mass is 10.1. The van der Waals surface area contributed by atoms with Crippen molar-refractivity contribution in [1.29, 1.82) is 0 Å². The van der Waals surface area contributed by atoms with Crippen molar-refractivity contribution in [2.24, 2.45) is 0 Å². The van der Waals surface area contributed by atoms with E-state index in [-0.39, 0.29) is 5.91 Å². The maximum absolute atomic E-state index is 12.5. The SMILES string of the molecule is C=CCNc1c(C(=O)N(C)CCC)nnc2ccccc12. The minimum Gasteiger partial charge on any atom is -0.379 e. The van der Waals surface area contributed by atoms with E-state index in [1.54, 1.807) is 18.0 Å². The minimum atomic E-state index is -0.123. The molecule has 1 heterocycles. The molecule has 110 valence electrons. The van der Waals surface area contributed by atoms with Gasteiger partial charge >= 0.3 is 0 Å². The predicted molar refractivity (Wildman–Crippen MR) is 85.5 cm³/mol. The minimum absolute atomic E-state index is 0.123. The highest BCUT2D eigenvalue weighted by atomic mass is 16.2. The van der Waals surface area contributed by atoms with Crippen LogP contribution in [0.15, 0.2) is 36.9 Å². The molecule has 0 radical (unpaired) electrons. The third-order valence-corrected chi connectivity index (χ3v) is 3.20. The fourth-order valence-corrected chi connectivity index (χ4v) is 2.17. The highest BCUT2D eigenvalue weighted by Crippen LogP contribution is 2.25. The third kappa shape index (κ3) is 3.18. The normalized spacial score (nSPS) is 10.4. The number of rotatable bonds is 6. The molecule has 0 spiro atoms. The molecule has 1 aromatic carbocycles. The van der Waals surface area contributed by atoms with E-state index >= 15 is 0 Å². The highest BCUT2D eigenvalue weighted by molar-refractivity contribution is 6.05. The largest absolute Gasteiger partial charge is 0.379 e. The molecule has 0 fully saturated rings. The lowest BCUT2D eigenvalue weighted by Gasteiger charge is -2.18. The first kappa shape index (κ1) is 15.0. The molecule has 0 saturated carbocycles. The van der Waals surface area contributed by atoms with Crippen molar-refractivity contribution in [3.8, 4) is 0 Å². The summed E-state index contributed by atoms with van der Waals surface area (Å²) in [5, 5.41) is 12.4. The molecule has 0 unspecified atom stereocenters. The zero-order valence-electron chi connectivity index (χ0n) is 12.5. The molecule has 0 aliphatic carbocycles. The quantitative estimate of drug-likeness (QED) is 0.829. The second kappa shape index (κ2) is 6.83. The number of carbonyl (C=O) groups excluding carboxylic acids is 1. The van der Waals surface area contributed by atoms with E-state index in [4.69, 9.17) is 0 Å². The van der Waals surface area contributed by atoms with Crippen LogP contribution in [0.5, 0.6) is 0 Å². The van der Waals surface area contributed by atoms with Crippen LogP contribution < -0.4 is 5.32 Å². The number of fused-ring (bicyclic) bond motifs is 1. The number of benzene rings is 1. The molecule has 0 saturated heterocycles.